The zero-order valence-corrected chi connectivity index (χ0v) is 14.6. The van der Waals surface area contributed by atoms with E-state index in [9.17, 15) is 5.11 Å². The predicted molar refractivity (Wildman–Crippen MR) is 93.0 cm³/mol. The first-order chi connectivity index (χ1) is 10.8. The first kappa shape index (κ1) is 16.8. The molecule has 2 nitrogen and oxygen atoms in total. The monoisotopic (exact) mass is 307 g/mol. The predicted octanol–water partition coefficient (Wildman–Crippen LogP) is 4.75. The van der Waals surface area contributed by atoms with Crippen LogP contribution in [-0.2, 0) is 0 Å². The molecule has 0 bridgehead atoms. The molecule has 1 saturated heterocycles. The molecule has 1 heterocycles. The van der Waals surface area contributed by atoms with Crippen LogP contribution in [0.4, 0.5) is 0 Å². The lowest BCUT2D eigenvalue weighted by molar-refractivity contribution is -0.102. The largest absolute Gasteiger partial charge is 0.389 e. The summed E-state index contributed by atoms with van der Waals surface area (Å²) in [5, 5.41) is 11.8. The van der Waals surface area contributed by atoms with Crippen LogP contribution in [0.1, 0.15) is 89.9 Å². The molecule has 1 N–H and O–H groups in total. The molecule has 0 unspecified atom stereocenters. The zero-order valence-electron chi connectivity index (χ0n) is 14.6. The van der Waals surface area contributed by atoms with Crippen LogP contribution in [0.3, 0.4) is 0 Å². The second-order valence-electron chi connectivity index (χ2n) is 8.31. The molecule has 3 rings (SSSR count). The van der Waals surface area contributed by atoms with Gasteiger partial charge in [-0.3, -0.25) is 0 Å². The van der Waals surface area contributed by atoms with E-state index < -0.39 is 0 Å². The fraction of sp³-hybridized carbons (Fsp3) is 1.00. The van der Waals surface area contributed by atoms with Gasteiger partial charge in [-0.25, -0.2) is 0 Å². The maximum absolute atomic E-state index is 11.8. The van der Waals surface area contributed by atoms with Crippen LogP contribution in [-0.4, -0.2) is 35.2 Å². The highest BCUT2D eigenvalue weighted by Gasteiger charge is 2.43. The maximum Gasteiger partial charge on any atom is 0.0716 e. The molecule has 0 aromatic rings. The average Bonchev–Trinajstić information content (AvgIpc) is 2.62. The third kappa shape index (κ3) is 4.06. The molecule has 0 aromatic heterocycles. The Bertz CT molecular complexity index is 294. The van der Waals surface area contributed by atoms with E-state index in [-0.39, 0.29) is 5.60 Å². The van der Waals surface area contributed by atoms with E-state index in [2.05, 4.69) is 4.90 Å². The molecule has 0 aromatic carbocycles. The maximum atomic E-state index is 11.8. The van der Waals surface area contributed by atoms with Crippen molar-refractivity contribution in [1.82, 2.24) is 4.90 Å². The van der Waals surface area contributed by atoms with E-state index in [0.717, 1.165) is 13.0 Å². The van der Waals surface area contributed by atoms with Gasteiger partial charge < -0.3 is 10.0 Å². The lowest BCUT2D eigenvalue weighted by Gasteiger charge is -2.46. The Hall–Kier alpha value is -0.0800. The standard InChI is InChI=1S/C20H37NO/c22-20(18-10-4-1-5-11-18,19-12-6-2-7-13-19)14-17-21-15-8-3-9-16-21/h18-19,22H,1-17H2. The molecular formula is C20H37NO. The lowest BCUT2D eigenvalue weighted by Crippen LogP contribution is -2.49. The first-order valence-corrected chi connectivity index (χ1v) is 10.2. The molecular weight excluding hydrogens is 270 g/mol. The minimum Gasteiger partial charge on any atom is -0.389 e. The molecule has 2 saturated carbocycles. The van der Waals surface area contributed by atoms with Gasteiger partial charge in [0, 0.05) is 6.54 Å². The van der Waals surface area contributed by atoms with Crippen molar-refractivity contribution in [3.05, 3.63) is 0 Å². The number of piperidine rings is 1. The second kappa shape index (κ2) is 8.15. The van der Waals surface area contributed by atoms with Crippen molar-refractivity contribution in [2.75, 3.05) is 19.6 Å². The van der Waals surface area contributed by atoms with E-state index in [1.165, 1.54) is 96.6 Å². The molecule has 22 heavy (non-hydrogen) atoms. The van der Waals surface area contributed by atoms with Gasteiger partial charge in [0.25, 0.3) is 0 Å². The number of likely N-dealkylation sites (tertiary alicyclic amines) is 1. The third-order valence-electron chi connectivity index (χ3n) is 6.90. The van der Waals surface area contributed by atoms with Gasteiger partial charge >= 0.3 is 0 Å². The van der Waals surface area contributed by atoms with Crippen LogP contribution >= 0.6 is 0 Å². The number of nitrogens with zero attached hydrogens (tertiary/aromatic N) is 1. The van der Waals surface area contributed by atoms with Crippen molar-refractivity contribution < 1.29 is 5.11 Å². The Morgan fingerprint density at radius 3 is 1.64 bits per heavy atom. The van der Waals surface area contributed by atoms with E-state index in [4.69, 9.17) is 0 Å². The second-order valence-corrected chi connectivity index (χ2v) is 8.31. The summed E-state index contributed by atoms with van der Waals surface area (Å²) < 4.78 is 0. The van der Waals surface area contributed by atoms with Gasteiger partial charge in [-0.2, -0.15) is 0 Å². The number of rotatable bonds is 5. The van der Waals surface area contributed by atoms with Crippen molar-refractivity contribution in [2.24, 2.45) is 11.8 Å². The highest BCUT2D eigenvalue weighted by atomic mass is 16.3. The summed E-state index contributed by atoms with van der Waals surface area (Å²) in [6.45, 7) is 3.68. The third-order valence-corrected chi connectivity index (χ3v) is 6.90. The van der Waals surface area contributed by atoms with E-state index in [1.807, 2.05) is 0 Å². The van der Waals surface area contributed by atoms with Gasteiger partial charge in [-0.1, -0.05) is 44.9 Å². The number of hydrogen-bond donors (Lipinski definition) is 1. The summed E-state index contributed by atoms with van der Waals surface area (Å²) in [6.07, 6.45) is 18.5. The van der Waals surface area contributed by atoms with Gasteiger partial charge in [0.1, 0.15) is 0 Å². The minimum absolute atomic E-state index is 0.349. The van der Waals surface area contributed by atoms with Gasteiger partial charge in [0.2, 0.25) is 0 Å². The van der Waals surface area contributed by atoms with E-state index in [1.54, 1.807) is 0 Å². The van der Waals surface area contributed by atoms with E-state index in [0.29, 0.717) is 11.8 Å². The Morgan fingerprint density at radius 2 is 1.14 bits per heavy atom. The molecule has 2 aliphatic carbocycles. The van der Waals surface area contributed by atoms with Crippen LogP contribution in [0.15, 0.2) is 0 Å². The number of aliphatic hydroxyl groups is 1. The van der Waals surface area contributed by atoms with Gasteiger partial charge in [-0.05, 0) is 69.9 Å². The van der Waals surface area contributed by atoms with Crippen molar-refractivity contribution in [3.8, 4) is 0 Å². The molecule has 3 fully saturated rings. The average molecular weight is 308 g/mol. The summed E-state index contributed by atoms with van der Waals surface area (Å²) in [5.74, 6) is 1.18. The fourth-order valence-electron chi connectivity index (χ4n) is 5.47. The van der Waals surface area contributed by atoms with Crippen molar-refractivity contribution in [1.29, 1.82) is 0 Å². The van der Waals surface area contributed by atoms with Crippen molar-refractivity contribution in [2.45, 2.75) is 95.5 Å². The Labute approximate surface area is 137 Å². The highest BCUT2D eigenvalue weighted by Crippen LogP contribution is 2.44. The van der Waals surface area contributed by atoms with Crippen LogP contribution < -0.4 is 0 Å². The van der Waals surface area contributed by atoms with Crippen molar-refractivity contribution in [3.63, 3.8) is 0 Å². The first-order valence-electron chi connectivity index (χ1n) is 10.2. The molecule has 0 radical (unpaired) electrons. The lowest BCUT2D eigenvalue weighted by atomic mass is 9.65. The minimum atomic E-state index is -0.349. The SMILES string of the molecule is OC(CCN1CCCCC1)(C1CCCCC1)C1CCCCC1. The molecule has 0 atom stereocenters. The number of hydrogen-bond acceptors (Lipinski definition) is 2. The Balaban J connectivity index is 1.63. The van der Waals surface area contributed by atoms with Gasteiger partial charge in [0.05, 0.1) is 5.60 Å². The van der Waals surface area contributed by atoms with E-state index >= 15 is 0 Å². The fourth-order valence-corrected chi connectivity index (χ4v) is 5.47. The van der Waals surface area contributed by atoms with Crippen LogP contribution in [0, 0.1) is 11.8 Å². The summed E-state index contributed by atoms with van der Waals surface area (Å²) in [4.78, 5) is 2.63. The van der Waals surface area contributed by atoms with Crippen LogP contribution in [0.2, 0.25) is 0 Å². The van der Waals surface area contributed by atoms with Crippen molar-refractivity contribution >= 4 is 0 Å². The molecule has 1 aliphatic heterocycles. The molecule has 3 aliphatic rings. The highest BCUT2D eigenvalue weighted by molar-refractivity contribution is 4.95. The summed E-state index contributed by atoms with van der Waals surface area (Å²) in [7, 11) is 0. The van der Waals surface area contributed by atoms with Crippen LogP contribution in [0.25, 0.3) is 0 Å². The molecule has 0 spiro atoms. The van der Waals surface area contributed by atoms with Gasteiger partial charge in [0.15, 0.2) is 0 Å². The smallest absolute Gasteiger partial charge is 0.0716 e. The molecule has 128 valence electrons. The molecule has 0 amide bonds. The summed E-state index contributed by atoms with van der Waals surface area (Å²) in [5.41, 5.74) is -0.349. The topological polar surface area (TPSA) is 23.5 Å². The Morgan fingerprint density at radius 1 is 0.682 bits per heavy atom. The van der Waals surface area contributed by atoms with Gasteiger partial charge in [-0.15, -0.1) is 0 Å². The zero-order chi connectivity index (χ0) is 15.3. The summed E-state index contributed by atoms with van der Waals surface area (Å²) >= 11 is 0. The normalized spacial score (nSPS) is 27.1. The van der Waals surface area contributed by atoms with Crippen LogP contribution in [0.5, 0.6) is 0 Å². The molecule has 2 heteroatoms. The summed E-state index contributed by atoms with van der Waals surface area (Å²) in [6, 6.07) is 0. The Kier molecular flexibility index (Phi) is 6.21. The quantitative estimate of drug-likeness (QED) is 0.792.